The summed E-state index contributed by atoms with van der Waals surface area (Å²) in [6.07, 6.45) is 0. The molecule has 0 unspecified atom stereocenters. The van der Waals surface area contributed by atoms with E-state index in [-0.39, 0.29) is 54.6 Å². The zero-order valence-electron chi connectivity index (χ0n) is 19.6. The summed E-state index contributed by atoms with van der Waals surface area (Å²) in [5.74, 6) is 0. The van der Waals surface area contributed by atoms with Gasteiger partial charge in [0.05, 0.1) is 5.52 Å². The lowest BCUT2D eigenvalue weighted by molar-refractivity contribution is 1.22. The second-order valence-electron chi connectivity index (χ2n) is 9.10. The van der Waals surface area contributed by atoms with Gasteiger partial charge in [0.25, 0.3) is 0 Å². The van der Waals surface area contributed by atoms with Crippen LogP contribution in [0.25, 0.3) is 49.3 Å². The van der Waals surface area contributed by atoms with Gasteiger partial charge in [-0.1, -0.05) is 56.4 Å². The van der Waals surface area contributed by atoms with Crippen molar-refractivity contribution in [1.82, 2.24) is 9.55 Å². The Hall–Kier alpha value is -2.81. The molecular formula is C24H5B11N2. The lowest BCUT2D eigenvalue weighted by Crippen LogP contribution is -2.48. The first kappa shape index (κ1) is 24.5. The first-order chi connectivity index (χ1) is 17.5. The third-order valence-corrected chi connectivity index (χ3v) is 7.24. The molecule has 0 spiro atoms. The normalized spacial score (nSPS) is 11.9. The molecule has 6 aromatic rings. The quantitative estimate of drug-likeness (QED) is 0.246. The Morgan fingerprint density at radius 2 is 0.946 bits per heavy atom. The highest BCUT2D eigenvalue weighted by atomic mass is 15.0. The third kappa shape index (κ3) is 2.98. The van der Waals surface area contributed by atoms with Gasteiger partial charge < -0.3 is 9.55 Å². The van der Waals surface area contributed by atoms with Crippen LogP contribution >= 0.6 is 0 Å². The monoisotopic (exact) mass is 442 g/mol. The van der Waals surface area contributed by atoms with Crippen molar-refractivity contribution in [3.63, 3.8) is 0 Å². The van der Waals surface area contributed by atoms with Crippen LogP contribution in [0.3, 0.4) is 0 Å². The van der Waals surface area contributed by atoms with Crippen LogP contribution in [0.5, 0.6) is 0 Å². The van der Waals surface area contributed by atoms with Crippen molar-refractivity contribution >= 4 is 190 Å². The molecule has 0 fully saturated rings. The second-order valence-corrected chi connectivity index (χ2v) is 9.10. The Balaban J connectivity index is 1.89. The summed E-state index contributed by atoms with van der Waals surface area (Å²) in [6.45, 7) is 0. The summed E-state index contributed by atoms with van der Waals surface area (Å²) in [6, 6.07) is 7.50. The predicted molar refractivity (Wildman–Crippen MR) is 169 cm³/mol. The van der Waals surface area contributed by atoms with Crippen LogP contribution in [0.1, 0.15) is 0 Å². The molecule has 0 saturated carbocycles. The van der Waals surface area contributed by atoms with E-state index in [1.54, 1.807) is 4.57 Å². The van der Waals surface area contributed by atoms with Crippen molar-refractivity contribution in [3.05, 3.63) is 24.3 Å². The van der Waals surface area contributed by atoms with Crippen molar-refractivity contribution in [2.24, 2.45) is 0 Å². The molecule has 0 saturated heterocycles. The smallest absolute Gasteiger partial charge is 0.119 e. The Morgan fingerprint density at radius 1 is 0.459 bits per heavy atom. The molecule has 0 bridgehead atoms. The topological polar surface area (TPSA) is 20.7 Å². The molecule has 0 aliphatic rings. The number of para-hydroxylation sites is 1. The highest BCUT2D eigenvalue weighted by Crippen LogP contribution is 2.29. The Morgan fingerprint density at radius 3 is 1.59 bits per heavy atom. The van der Waals surface area contributed by atoms with Crippen molar-refractivity contribution in [1.29, 1.82) is 0 Å². The van der Waals surface area contributed by atoms with E-state index in [0.29, 0.717) is 49.4 Å². The summed E-state index contributed by atoms with van der Waals surface area (Å²) >= 11 is 0. The molecule has 2 aromatic heterocycles. The molecule has 13 heteroatoms. The molecule has 0 aliphatic carbocycles. The van der Waals surface area contributed by atoms with Gasteiger partial charge >= 0.3 is 0 Å². The minimum absolute atomic E-state index is 0.144. The van der Waals surface area contributed by atoms with Gasteiger partial charge in [-0.05, 0) is 22.2 Å². The zero-order chi connectivity index (χ0) is 26.7. The minimum Gasteiger partial charge on any atom is -0.355 e. The molecular weight excluding hydrogens is 435 g/mol. The maximum absolute atomic E-state index is 6.80. The molecule has 0 aliphatic heterocycles. The van der Waals surface area contributed by atoms with Crippen molar-refractivity contribution in [2.45, 2.75) is 0 Å². The lowest BCUT2D eigenvalue weighted by atomic mass is 9.64. The fourth-order valence-corrected chi connectivity index (χ4v) is 5.32. The van der Waals surface area contributed by atoms with E-state index in [1.165, 1.54) is 0 Å². The van der Waals surface area contributed by atoms with Crippen LogP contribution in [0.15, 0.2) is 24.3 Å². The van der Waals surface area contributed by atoms with Gasteiger partial charge in [-0.15, -0.1) is 21.9 Å². The highest BCUT2D eigenvalue weighted by molar-refractivity contribution is 6.70. The van der Waals surface area contributed by atoms with Crippen LogP contribution < -0.4 is 60.1 Å². The van der Waals surface area contributed by atoms with Gasteiger partial charge in [0, 0.05) is 27.6 Å². The molecule has 1 N–H and O–H groups in total. The average molecular weight is 440 g/mol. The number of hydrogen-bond acceptors (Lipinski definition) is 0. The van der Waals surface area contributed by atoms with E-state index in [2.05, 4.69) is 4.98 Å². The maximum Gasteiger partial charge on any atom is 0.119 e. The molecule has 2 heterocycles. The Kier molecular flexibility index (Phi) is 5.37. The van der Waals surface area contributed by atoms with Crippen molar-refractivity contribution < 1.29 is 0 Å². The van der Waals surface area contributed by atoms with Crippen LogP contribution in [0, 0.1) is 0 Å². The first-order valence-corrected chi connectivity index (χ1v) is 11.2. The lowest BCUT2D eigenvalue weighted by Gasteiger charge is -2.22. The van der Waals surface area contributed by atoms with Crippen LogP contribution in [-0.2, 0) is 0 Å². The van der Waals surface area contributed by atoms with E-state index < -0.39 is 0 Å². The number of fused-ring (bicyclic) bond motifs is 6. The van der Waals surface area contributed by atoms with Gasteiger partial charge in [0.2, 0.25) is 0 Å². The van der Waals surface area contributed by atoms with E-state index >= 15 is 0 Å². The molecule has 0 atom stereocenters. The summed E-state index contributed by atoms with van der Waals surface area (Å²) in [5.41, 5.74) is 4.69. The number of aromatic nitrogens is 2. The van der Waals surface area contributed by atoms with E-state index in [0.717, 1.165) is 5.39 Å². The van der Waals surface area contributed by atoms with Gasteiger partial charge in [0.15, 0.2) is 0 Å². The molecule has 0 amide bonds. The number of rotatable bonds is 1. The molecule has 2 nitrogen and oxygen atoms in total. The summed E-state index contributed by atoms with van der Waals surface area (Å²) in [7, 11) is 70.3. The molecule has 22 radical (unpaired) electrons. The third-order valence-electron chi connectivity index (χ3n) is 7.24. The summed E-state index contributed by atoms with van der Waals surface area (Å²) < 4.78 is 1.79. The maximum atomic E-state index is 6.80. The molecule has 144 valence electrons. The summed E-state index contributed by atoms with van der Waals surface area (Å²) in [5, 5.41) is 2.34. The van der Waals surface area contributed by atoms with Crippen molar-refractivity contribution in [3.8, 4) is 5.69 Å². The van der Waals surface area contributed by atoms with Crippen LogP contribution in [0.2, 0.25) is 0 Å². The number of H-pyrrole nitrogens is 1. The fourth-order valence-electron chi connectivity index (χ4n) is 5.32. The van der Waals surface area contributed by atoms with Gasteiger partial charge in [-0.25, -0.2) is 0 Å². The molecule has 6 rings (SSSR count). The summed E-state index contributed by atoms with van der Waals surface area (Å²) in [4.78, 5) is 3.22. The average Bonchev–Trinajstić information content (AvgIpc) is 3.45. The number of nitrogens with one attached hydrogen (secondary N) is 1. The molecule has 4 aromatic carbocycles. The Bertz CT molecular complexity index is 2000. The first-order valence-electron chi connectivity index (χ1n) is 11.2. The highest BCUT2D eigenvalue weighted by Gasteiger charge is 2.23. The van der Waals surface area contributed by atoms with E-state index in [9.17, 15) is 0 Å². The standard InChI is InChI=1S/C24H5B11N2/c25-10-7-5-3-1-2-4-6(5)37(23(7)19(34)16(31)13(10)28)24-18(33)12(27)9-8-11(26)14(29)15(30)17(32)21(8)36-22(9)20(24)35/h1-4,36H. The van der Waals surface area contributed by atoms with Crippen LogP contribution in [-0.4, -0.2) is 95.9 Å². The zero-order valence-corrected chi connectivity index (χ0v) is 19.6. The second kappa shape index (κ2) is 8.09. The van der Waals surface area contributed by atoms with Crippen molar-refractivity contribution in [2.75, 3.05) is 0 Å². The number of nitrogens with zero attached hydrogens (tertiary/aromatic N) is 1. The fraction of sp³-hybridized carbons (Fsp3) is 0. The van der Waals surface area contributed by atoms with E-state index in [4.69, 9.17) is 86.3 Å². The largest absolute Gasteiger partial charge is 0.355 e. The Labute approximate surface area is 229 Å². The van der Waals surface area contributed by atoms with Crippen LogP contribution in [0.4, 0.5) is 0 Å². The number of benzene rings is 4. The van der Waals surface area contributed by atoms with Gasteiger partial charge in [0.1, 0.15) is 86.3 Å². The SMILES string of the molecule is [B]c1c([B])c([B])c2c([nH]c3c([B])c(-n4c5ccccc5c5c([B])c([B])c([B])c([B])c54)c([B])c([B])c32)c1[B]. The minimum atomic E-state index is 0.144. The predicted octanol–water partition coefficient (Wildman–Crippen LogP) is -6.85. The van der Waals surface area contributed by atoms with Gasteiger partial charge in [-0.3, -0.25) is 0 Å². The number of hydrogen-bond donors (Lipinski definition) is 1. The van der Waals surface area contributed by atoms with E-state index in [1.807, 2.05) is 24.3 Å². The van der Waals surface area contributed by atoms with Gasteiger partial charge in [-0.2, -0.15) is 0 Å². The number of aromatic amines is 1. The molecule has 37 heavy (non-hydrogen) atoms.